The van der Waals surface area contributed by atoms with E-state index in [2.05, 4.69) is 15.5 Å². The minimum Gasteiger partial charge on any atom is -0.370 e. The van der Waals surface area contributed by atoms with Crippen LogP contribution in [0.1, 0.15) is 37.9 Å². The standard InChI is InChI=1S/C11H19N3O2/c1-2-10-13-11(16-14-10)8-15-7-9-5-3-4-6-12-9/h9,12H,2-8H2,1H3. The van der Waals surface area contributed by atoms with Crippen molar-refractivity contribution >= 4 is 0 Å². The molecule has 5 nitrogen and oxygen atoms in total. The molecule has 1 unspecified atom stereocenters. The van der Waals surface area contributed by atoms with Gasteiger partial charge in [-0.2, -0.15) is 4.98 Å². The summed E-state index contributed by atoms with van der Waals surface area (Å²) in [7, 11) is 0. The van der Waals surface area contributed by atoms with E-state index < -0.39 is 0 Å². The third-order valence-electron chi connectivity index (χ3n) is 2.78. The molecule has 1 fully saturated rings. The maximum Gasteiger partial charge on any atom is 0.252 e. The summed E-state index contributed by atoms with van der Waals surface area (Å²) in [6, 6.07) is 0.488. The van der Waals surface area contributed by atoms with E-state index >= 15 is 0 Å². The molecule has 1 aromatic rings. The van der Waals surface area contributed by atoms with Gasteiger partial charge in [0.15, 0.2) is 5.82 Å². The van der Waals surface area contributed by atoms with Crippen LogP contribution in [-0.4, -0.2) is 29.3 Å². The van der Waals surface area contributed by atoms with E-state index in [1.54, 1.807) is 0 Å². The Morgan fingerprint density at radius 2 is 2.44 bits per heavy atom. The van der Waals surface area contributed by atoms with E-state index in [1.807, 2.05) is 6.92 Å². The second-order valence-electron chi connectivity index (χ2n) is 4.12. The van der Waals surface area contributed by atoms with Crippen LogP contribution in [0.5, 0.6) is 0 Å². The van der Waals surface area contributed by atoms with Gasteiger partial charge in [-0.15, -0.1) is 0 Å². The number of ether oxygens (including phenoxy) is 1. The van der Waals surface area contributed by atoms with Gasteiger partial charge in [0.2, 0.25) is 0 Å². The number of hydrogen-bond acceptors (Lipinski definition) is 5. The molecule has 0 spiro atoms. The van der Waals surface area contributed by atoms with Crippen molar-refractivity contribution in [2.75, 3.05) is 13.2 Å². The van der Waals surface area contributed by atoms with Crippen LogP contribution in [0.2, 0.25) is 0 Å². The fourth-order valence-electron chi connectivity index (χ4n) is 1.85. The molecule has 5 heteroatoms. The van der Waals surface area contributed by atoms with Crippen molar-refractivity contribution < 1.29 is 9.26 Å². The van der Waals surface area contributed by atoms with Gasteiger partial charge in [-0.25, -0.2) is 0 Å². The molecule has 0 radical (unpaired) electrons. The lowest BCUT2D eigenvalue weighted by Crippen LogP contribution is -2.37. The van der Waals surface area contributed by atoms with Crippen molar-refractivity contribution in [3.05, 3.63) is 11.7 Å². The van der Waals surface area contributed by atoms with Crippen LogP contribution < -0.4 is 5.32 Å². The number of hydrogen-bond donors (Lipinski definition) is 1. The van der Waals surface area contributed by atoms with Crippen LogP contribution in [0.15, 0.2) is 4.52 Å². The maximum absolute atomic E-state index is 5.56. The van der Waals surface area contributed by atoms with E-state index in [0.29, 0.717) is 18.5 Å². The van der Waals surface area contributed by atoms with Gasteiger partial charge in [-0.05, 0) is 19.4 Å². The molecule has 90 valence electrons. The lowest BCUT2D eigenvalue weighted by atomic mass is 10.1. The second kappa shape index (κ2) is 5.96. The number of aromatic nitrogens is 2. The van der Waals surface area contributed by atoms with Crippen LogP contribution in [0.4, 0.5) is 0 Å². The Morgan fingerprint density at radius 1 is 1.50 bits per heavy atom. The molecule has 0 aromatic carbocycles. The third-order valence-corrected chi connectivity index (χ3v) is 2.78. The molecule has 1 N–H and O–H groups in total. The average molecular weight is 225 g/mol. The SMILES string of the molecule is CCc1noc(COCC2CCCCN2)n1. The fraction of sp³-hybridized carbons (Fsp3) is 0.818. The van der Waals surface area contributed by atoms with Gasteiger partial charge in [0, 0.05) is 12.5 Å². The van der Waals surface area contributed by atoms with Crippen molar-refractivity contribution in [2.24, 2.45) is 0 Å². The van der Waals surface area contributed by atoms with Gasteiger partial charge in [0.1, 0.15) is 6.61 Å². The van der Waals surface area contributed by atoms with E-state index in [9.17, 15) is 0 Å². The predicted molar refractivity (Wildman–Crippen MR) is 59.0 cm³/mol. The highest BCUT2D eigenvalue weighted by Crippen LogP contribution is 2.08. The minimum absolute atomic E-state index is 0.422. The lowest BCUT2D eigenvalue weighted by molar-refractivity contribution is 0.0732. The first-order valence-corrected chi connectivity index (χ1v) is 6.01. The van der Waals surface area contributed by atoms with Crippen molar-refractivity contribution in [1.82, 2.24) is 15.5 Å². The topological polar surface area (TPSA) is 60.2 Å². The van der Waals surface area contributed by atoms with Crippen LogP contribution in [0, 0.1) is 0 Å². The van der Waals surface area contributed by atoms with E-state index in [4.69, 9.17) is 9.26 Å². The summed E-state index contributed by atoms with van der Waals surface area (Å²) in [5.74, 6) is 1.32. The molecule has 0 bridgehead atoms. The van der Waals surface area contributed by atoms with Crippen molar-refractivity contribution in [3.8, 4) is 0 Å². The molecule has 16 heavy (non-hydrogen) atoms. The quantitative estimate of drug-likeness (QED) is 0.818. The molecule has 2 heterocycles. The summed E-state index contributed by atoms with van der Waals surface area (Å²) < 4.78 is 10.6. The van der Waals surface area contributed by atoms with Crippen LogP contribution in [0.25, 0.3) is 0 Å². The molecule has 1 saturated heterocycles. The third kappa shape index (κ3) is 3.28. The Hall–Kier alpha value is -0.940. The highest BCUT2D eigenvalue weighted by Gasteiger charge is 2.13. The molecular formula is C11H19N3O2. The Morgan fingerprint density at radius 3 is 3.12 bits per heavy atom. The van der Waals surface area contributed by atoms with Gasteiger partial charge >= 0.3 is 0 Å². The summed E-state index contributed by atoms with van der Waals surface area (Å²) in [6.07, 6.45) is 4.57. The first-order chi connectivity index (χ1) is 7.88. The first-order valence-electron chi connectivity index (χ1n) is 6.01. The number of aryl methyl sites for hydroxylation is 1. The summed E-state index contributed by atoms with van der Waals surface area (Å²) in [5, 5.41) is 7.25. The van der Waals surface area contributed by atoms with Gasteiger partial charge in [0.25, 0.3) is 5.89 Å². The van der Waals surface area contributed by atoms with Crippen LogP contribution >= 0.6 is 0 Å². The highest BCUT2D eigenvalue weighted by atomic mass is 16.5. The number of rotatable bonds is 5. The van der Waals surface area contributed by atoms with E-state index in [1.165, 1.54) is 19.3 Å². The Balaban J connectivity index is 1.66. The Labute approximate surface area is 95.6 Å². The van der Waals surface area contributed by atoms with Crippen LogP contribution in [0.3, 0.4) is 0 Å². The molecule has 0 saturated carbocycles. The summed E-state index contributed by atoms with van der Waals surface area (Å²) in [4.78, 5) is 4.19. The first kappa shape index (κ1) is 11.5. The molecule has 1 aliphatic heterocycles. The van der Waals surface area contributed by atoms with Gasteiger partial charge < -0.3 is 14.6 Å². The van der Waals surface area contributed by atoms with Gasteiger partial charge in [-0.1, -0.05) is 18.5 Å². The normalized spacial score (nSPS) is 21.2. The monoisotopic (exact) mass is 225 g/mol. The molecular weight excluding hydrogens is 206 g/mol. The smallest absolute Gasteiger partial charge is 0.252 e. The van der Waals surface area contributed by atoms with Crippen molar-refractivity contribution in [3.63, 3.8) is 0 Å². The van der Waals surface area contributed by atoms with Gasteiger partial charge in [-0.3, -0.25) is 0 Å². The van der Waals surface area contributed by atoms with Gasteiger partial charge in [0.05, 0.1) is 6.61 Å². The summed E-state index contributed by atoms with van der Waals surface area (Å²) in [6.45, 7) is 4.25. The molecule has 1 atom stereocenters. The Bertz CT molecular complexity index is 308. The fourth-order valence-corrected chi connectivity index (χ4v) is 1.85. The zero-order chi connectivity index (χ0) is 11.2. The molecule has 1 aliphatic rings. The molecule has 1 aromatic heterocycles. The highest BCUT2D eigenvalue weighted by molar-refractivity contribution is 4.83. The Kier molecular flexibility index (Phi) is 4.30. The van der Waals surface area contributed by atoms with E-state index in [-0.39, 0.29) is 0 Å². The van der Waals surface area contributed by atoms with E-state index in [0.717, 1.165) is 25.4 Å². The second-order valence-corrected chi connectivity index (χ2v) is 4.12. The largest absolute Gasteiger partial charge is 0.370 e. The maximum atomic E-state index is 5.56. The number of piperidine rings is 1. The summed E-state index contributed by atoms with van der Waals surface area (Å²) in [5.41, 5.74) is 0. The number of nitrogens with one attached hydrogen (secondary N) is 1. The molecule has 0 amide bonds. The lowest BCUT2D eigenvalue weighted by Gasteiger charge is -2.22. The average Bonchev–Trinajstić information content (AvgIpc) is 2.78. The summed E-state index contributed by atoms with van der Waals surface area (Å²) >= 11 is 0. The molecule has 2 rings (SSSR count). The minimum atomic E-state index is 0.422. The molecule has 0 aliphatic carbocycles. The number of nitrogens with zero attached hydrogens (tertiary/aromatic N) is 2. The predicted octanol–water partition coefficient (Wildman–Crippen LogP) is 1.29. The zero-order valence-corrected chi connectivity index (χ0v) is 9.74. The van der Waals surface area contributed by atoms with Crippen molar-refractivity contribution in [1.29, 1.82) is 0 Å². The van der Waals surface area contributed by atoms with Crippen molar-refractivity contribution in [2.45, 2.75) is 45.3 Å². The zero-order valence-electron chi connectivity index (χ0n) is 9.74. The van der Waals surface area contributed by atoms with Crippen LogP contribution in [-0.2, 0) is 17.8 Å².